The van der Waals surface area contributed by atoms with Gasteiger partial charge in [0, 0.05) is 40.3 Å². The van der Waals surface area contributed by atoms with E-state index in [1.54, 1.807) is 48.3 Å². The first-order chi connectivity index (χ1) is 24.4. The number of hydrogen-bond acceptors (Lipinski definition) is 8. The molecule has 2 heterocycles. The third-order valence-corrected chi connectivity index (χ3v) is 11.4. The Morgan fingerprint density at radius 3 is 2.16 bits per heavy atom. The van der Waals surface area contributed by atoms with Crippen molar-refractivity contribution in [2.75, 3.05) is 5.75 Å². The molecule has 1 aliphatic rings. The van der Waals surface area contributed by atoms with Crippen LogP contribution in [0.3, 0.4) is 0 Å². The van der Waals surface area contributed by atoms with Crippen LogP contribution in [0.25, 0.3) is 10.9 Å². The lowest BCUT2D eigenvalue weighted by Crippen LogP contribution is -2.38. The van der Waals surface area contributed by atoms with Crippen molar-refractivity contribution in [3.05, 3.63) is 167 Å². The number of rotatable bonds is 11. The normalized spacial score (nSPS) is 19.4. The maximum absolute atomic E-state index is 13.3. The summed E-state index contributed by atoms with van der Waals surface area (Å²) in [4.78, 5) is 5.45. The van der Waals surface area contributed by atoms with E-state index in [-0.39, 0.29) is 41.9 Å². The zero-order chi connectivity index (χ0) is 34.5. The van der Waals surface area contributed by atoms with E-state index < -0.39 is 16.3 Å². The highest BCUT2D eigenvalue weighted by atomic mass is 32.2. The van der Waals surface area contributed by atoms with Crippen molar-refractivity contribution in [2.45, 2.75) is 47.4 Å². The molecule has 254 valence electrons. The van der Waals surface area contributed by atoms with Crippen molar-refractivity contribution in [1.82, 2.24) is 9.71 Å². The number of nitrogens with zero attached hydrogens (tertiary/aromatic N) is 1. The Balaban J connectivity index is 1.15. The van der Waals surface area contributed by atoms with Crippen LogP contribution < -0.4 is 4.72 Å². The van der Waals surface area contributed by atoms with Crippen LogP contribution in [0.1, 0.15) is 46.1 Å². The molecule has 1 saturated heterocycles. The van der Waals surface area contributed by atoms with Crippen molar-refractivity contribution in [2.24, 2.45) is 0 Å². The molecule has 8 nitrogen and oxygen atoms in total. The minimum Gasteiger partial charge on any atom is -0.508 e. The summed E-state index contributed by atoms with van der Waals surface area (Å²) in [6.07, 6.45) is 0.256. The molecule has 10 heteroatoms. The summed E-state index contributed by atoms with van der Waals surface area (Å²) in [7, 11) is -3.82. The molecule has 0 amide bonds. The van der Waals surface area contributed by atoms with Crippen LogP contribution in [0.2, 0.25) is 0 Å². The summed E-state index contributed by atoms with van der Waals surface area (Å²) >= 11 is 1.65. The Labute approximate surface area is 295 Å². The van der Waals surface area contributed by atoms with Gasteiger partial charge in [-0.05, 0) is 58.7 Å². The quantitative estimate of drug-likeness (QED) is 0.118. The van der Waals surface area contributed by atoms with E-state index in [1.165, 1.54) is 0 Å². The predicted octanol–water partition coefficient (Wildman–Crippen LogP) is 7.64. The molecule has 1 aliphatic heterocycles. The number of phenolic OH excluding ortho intramolecular Hbond substituents is 1. The van der Waals surface area contributed by atoms with E-state index in [0.29, 0.717) is 11.3 Å². The third-order valence-electron chi connectivity index (χ3n) is 8.83. The Hall–Kier alpha value is -4.55. The number of hydrogen-bond donors (Lipinski definition) is 3. The molecule has 4 atom stereocenters. The lowest BCUT2D eigenvalue weighted by atomic mass is 9.84. The number of fused-ring (bicyclic) bond motifs is 1. The van der Waals surface area contributed by atoms with Crippen LogP contribution in [0.4, 0.5) is 0 Å². The Morgan fingerprint density at radius 2 is 1.42 bits per heavy atom. The van der Waals surface area contributed by atoms with Gasteiger partial charge in [-0.1, -0.05) is 97.1 Å². The lowest BCUT2D eigenvalue weighted by molar-refractivity contribution is -0.255. The van der Waals surface area contributed by atoms with Crippen molar-refractivity contribution in [1.29, 1.82) is 0 Å². The number of pyridine rings is 1. The molecule has 0 aliphatic carbocycles. The molecule has 5 aromatic carbocycles. The summed E-state index contributed by atoms with van der Waals surface area (Å²) in [5.74, 6) is 0.694. The van der Waals surface area contributed by atoms with Gasteiger partial charge in [0.1, 0.15) is 10.6 Å². The minimum atomic E-state index is -3.82. The van der Waals surface area contributed by atoms with Gasteiger partial charge in [-0.15, -0.1) is 11.8 Å². The number of nitrogens with one attached hydrogen (secondary N) is 1. The highest BCUT2D eigenvalue weighted by molar-refractivity contribution is 7.99. The molecular formula is C40H36N2O6S2. The van der Waals surface area contributed by atoms with Gasteiger partial charge in [0.15, 0.2) is 6.29 Å². The lowest BCUT2D eigenvalue weighted by Gasteiger charge is -2.43. The second-order valence-corrected chi connectivity index (χ2v) is 14.9. The topological polar surface area (TPSA) is 118 Å². The van der Waals surface area contributed by atoms with Crippen molar-refractivity contribution >= 4 is 32.7 Å². The average molecular weight is 705 g/mol. The second kappa shape index (κ2) is 15.1. The Morgan fingerprint density at radius 1 is 0.720 bits per heavy atom. The fraction of sp³-hybridized carbons (Fsp3) is 0.175. The Bertz CT molecular complexity index is 2140. The molecule has 7 rings (SSSR count). The maximum atomic E-state index is 13.3. The van der Waals surface area contributed by atoms with E-state index in [2.05, 4.69) is 21.8 Å². The number of aromatic nitrogens is 1. The molecule has 1 aromatic heterocycles. The molecule has 0 radical (unpaired) electrons. The van der Waals surface area contributed by atoms with Gasteiger partial charge < -0.3 is 19.7 Å². The van der Waals surface area contributed by atoms with Gasteiger partial charge in [-0.2, -0.15) is 0 Å². The fourth-order valence-electron chi connectivity index (χ4n) is 6.21. The first-order valence-electron chi connectivity index (χ1n) is 16.3. The van der Waals surface area contributed by atoms with Gasteiger partial charge in [-0.25, -0.2) is 13.1 Å². The van der Waals surface area contributed by atoms with Crippen LogP contribution >= 0.6 is 11.8 Å². The van der Waals surface area contributed by atoms with E-state index in [4.69, 9.17) is 9.47 Å². The summed E-state index contributed by atoms with van der Waals surface area (Å²) in [5.41, 5.74) is 4.88. The van der Waals surface area contributed by atoms with Gasteiger partial charge in [0.05, 0.1) is 24.3 Å². The van der Waals surface area contributed by atoms with Crippen LogP contribution in [0.15, 0.2) is 149 Å². The smallest absolute Gasteiger partial charge is 0.243 e. The molecule has 0 saturated carbocycles. The number of phenols is 1. The summed E-state index contributed by atoms with van der Waals surface area (Å²) in [5, 5.41) is 20.2. The molecule has 0 bridgehead atoms. The molecular weight excluding hydrogens is 669 g/mol. The number of aromatic hydroxyl groups is 1. The molecule has 50 heavy (non-hydrogen) atoms. The first-order valence-corrected chi connectivity index (χ1v) is 18.7. The van der Waals surface area contributed by atoms with E-state index in [1.807, 2.05) is 91.0 Å². The van der Waals surface area contributed by atoms with Crippen molar-refractivity contribution in [3.63, 3.8) is 0 Å². The van der Waals surface area contributed by atoms with Crippen LogP contribution in [0.5, 0.6) is 5.75 Å². The van der Waals surface area contributed by atoms with E-state index >= 15 is 0 Å². The van der Waals surface area contributed by atoms with Crippen LogP contribution in [-0.2, 0) is 32.6 Å². The van der Waals surface area contributed by atoms with Gasteiger partial charge in [0.2, 0.25) is 10.0 Å². The predicted molar refractivity (Wildman–Crippen MR) is 194 cm³/mol. The fourth-order valence-corrected chi connectivity index (χ4v) is 8.38. The molecule has 4 unspecified atom stereocenters. The van der Waals surface area contributed by atoms with E-state index in [0.717, 1.165) is 38.1 Å². The summed E-state index contributed by atoms with van der Waals surface area (Å²) in [6.45, 7) is 0.0485. The second-order valence-electron chi connectivity index (χ2n) is 12.1. The third kappa shape index (κ3) is 7.61. The zero-order valence-electron chi connectivity index (χ0n) is 27.0. The van der Waals surface area contributed by atoms with Gasteiger partial charge in [-0.3, -0.25) is 4.98 Å². The minimum absolute atomic E-state index is 0.0487. The number of thioether (sulfide) groups is 1. The number of aliphatic hydroxyl groups is 1. The maximum Gasteiger partial charge on any atom is 0.243 e. The van der Waals surface area contributed by atoms with Gasteiger partial charge in [0.25, 0.3) is 0 Å². The number of para-hydroxylation sites is 1. The first kappa shape index (κ1) is 33.9. The highest BCUT2D eigenvalue weighted by Gasteiger charge is 2.42. The Kier molecular flexibility index (Phi) is 10.3. The summed E-state index contributed by atoms with van der Waals surface area (Å²) < 4.78 is 42.9. The number of sulfonamides is 1. The monoisotopic (exact) mass is 704 g/mol. The molecule has 1 fully saturated rings. The molecule has 6 aromatic rings. The van der Waals surface area contributed by atoms with Crippen molar-refractivity contribution in [3.8, 4) is 5.75 Å². The number of ether oxygens (including phenoxy) is 2. The largest absolute Gasteiger partial charge is 0.508 e. The van der Waals surface area contributed by atoms with Crippen LogP contribution in [-0.4, -0.2) is 35.5 Å². The number of benzene rings is 5. The van der Waals surface area contributed by atoms with Crippen LogP contribution in [0, 0.1) is 0 Å². The SMILES string of the molecule is O=S(=O)(NCc1ccc(C2OC(CSc3ccc(O)cc3)C(c3ccccc3)C(c3ccc(CO)cc3)O2)cc1)c1cccc2cccnc12. The number of aliphatic hydroxyl groups excluding tert-OH is 1. The highest BCUT2D eigenvalue weighted by Crippen LogP contribution is 2.48. The van der Waals surface area contributed by atoms with E-state index in [9.17, 15) is 18.6 Å². The summed E-state index contributed by atoms with van der Waals surface area (Å²) in [6, 6.07) is 41.5. The van der Waals surface area contributed by atoms with Gasteiger partial charge >= 0.3 is 0 Å². The standard InChI is InChI=1S/C40H36N2O6S2/c43-25-28-13-15-31(16-14-28)39-37(29-6-2-1-3-7-29)35(26-49-34-21-19-33(44)20-22-34)47-40(48-39)32-17-11-27(12-18-32)24-42-50(45,46)36-10-4-8-30-9-5-23-41-38(30)36/h1-23,35,37,39-40,42-44H,24-26H2. The van der Waals surface area contributed by atoms with Crippen molar-refractivity contribution < 1.29 is 28.1 Å². The zero-order valence-corrected chi connectivity index (χ0v) is 28.6. The molecule has 0 spiro atoms. The molecule has 3 N–H and O–H groups in total. The average Bonchev–Trinajstić information content (AvgIpc) is 3.17.